The minimum Gasteiger partial charge on any atom is -0.361 e. The number of aryl methyl sites for hydroxylation is 2. The molecule has 0 unspecified atom stereocenters. The maximum Gasteiger partial charge on any atom is 0.196 e. The molecule has 3 aromatic rings. The lowest BCUT2D eigenvalue weighted by Crippen LogP contribution is -2.30. The number of aromatic nitrogens is 4. The molecule has 1 aromatic carbocycles. The van der Waals surface area contributed by atoms with Gasteiger partial charge in [-0.05, 0) is 64.0 Å². The molecule has 6 nitrogen and oxygen atoms in total. The molecule has 1 fully saturated rings. The van der Waals surface area contributed by atoms with Gasteiger partial charge in [0.2, 0.25) is 0 Å². The molecule has 1 aliphatic heterocycles. The summed E-state index contributed by atoms with van der Waals surface area (Å²) in [6.07, 6.45) is 3.73. The van der Waals surface area contributed by atoms with Crippen molar-refractivity contribution in [1.29, 1.82) is 0 Å². The second kappa shape index (κ2) is 8.45. The molecule has 3 heterocycles. The molecule has 4 rings (SSSR count). The molecule has 28 heavy (non-hydrogen) atoms. The fourth-order valence-electron chi connectivity index (χ4n) is 3.51. The Morgan fingerprint density at radius 3 is 2.50 bits per heavy atom. The number of piperidine rings is 1. The summed E-state index contributed by atoms with van der Waals surface area (Å²) in [4.78, 5) is 2.41. The minimum atomic E-state index is -0.251. The average Bonchev–Trinajstić information content (AvgIpc) is 3.24. The quantitative estimate of drug-likeness (QED) is 0.574. The lowest BCUT2D eigenvalue weighted by Gasteiger charge is -2.26. The van der Waals surface area contributed by atoms with Crippen LogP contribution in [0.15, 0.2) is 33.9 Å². The van der Waals surface area contributed by atoms with Gasteiger partial charge in [0.1, 0.15) is 11.6 Å². The summed E-state index contributed by atoms with van der Waals surface area (Å²) in [6, 6.07) is 6.50. The number of likely N-dealkylation sites (tertiary alicyclic amines) is 1. The van der Waals surface area contributed by atoms with Crippen LogP contribution in [0.4, 0.5) is 4.39 Å². The molecular weight excluding hydrogens is 377 g/mol. The summed E-state index contributed by atoms with van der Waals surface area (Å²) >= 11 is 1.59. The van der Waals surface area contributed by atoms with Crippen LogP contribution >= 0.6 is 11.8 Å². The number of hydrogen-bond acceptors (Lipinski definition) is 6. The van der Waals surface area contributed by atoms with Crippen molar-refractivity contribution in [1.82, 2.24) is 24.8 Å². The van der Waals surface area contributed by atoms with Crippen molar-refractivity contribution < 1.29 is 8.91 Å². The highest BCUT2D eigenvalue weighted by molar-refractivity contribution is 7.98. The van der Waals surface area contributed by atoms with Crippen LogP contribution in [0.5, 0.6) is 0 Å². The first kappa shape index (κ1) is 19.1. The van der Waals surface area contributed by atoms with Crippen molar-refractivity contribution in [2.75, 3.05) is 13.1 Å². The third kappa shape index (κ3) is 4.12. The molecule has 0 atom stereocenters. The zero-order valence-electron chi connectivity index (χ0n) is 16.2. The topological polar surface area (TPSA) is 60.0 Å². The maximum atomic E-state index is 13.5. The van der Waals surface area contributed by atoms with Crippen molar-refractivity contribution in [3.8, 4) is 5.69 Å². The molecule has 0 spiro atoms. The van der Waals surface area contributed by atoms with Crippen LogP contribution in [0.1, 0.15) is 42.1 Å². The third-order valence-electron chi connectivity index (χ3n) is 5.13. The third-order valence-corrected chi connectivity index (χ3v) is 6.08. The van der Waals surface area contributed by atoms with Gasteiger partial charge in [0.05, 0.1) is 12.2 Å². The van der Waals surface area contributed by atoms with E-state index in [1.54, 1.807) is 23.9 Å². The number of rotatable bonds is 6. The van der Waals surface area contributed by atoms with Crippen molar-refractivity contribution in [2.45, 2.75) is 50.6 Å². The Bertz CT molecular complexity index is 911. The standard InChI is InChI=1S/C20H24FN5OS/c1-14-18(15(2)27-24-14)13-28-20-23-22-19(12-25-10-4-3-5-11-25)26(20)17-8-6-16(21)7-9-17/h6-9H,3-5,10-13H2,1-2H3. The summed E-state index contributed by atoms with van der Waals surface area (Å²) in [7, 11) is 0. The number of hydrogen-bond donors (Lipinski definition) is 0. The van der Waals surface area contributed by atoms with Gasteiger partial charge in [0.15, 0.2) is 11.0 Å². The van der Waals surface area contributed by atoms with Gasteiger partial charge < -0.3 is 4.52 Å². The molecule has 0 N–H and O–H groups in total. The highest BCUT2D eigenvalue weighted by Crippen LogP contribution is 2.28. The number of nitrogens with zero attached hydrogens (tertiary/aromatic N) is 5. The summed E-state index contributed by atoms with van der Waals surface area (Å²) in [5, 5.41) is 13.7. The van der Waals surface area contributed by atoms with Crippen LogP contribution in [-0.4, -0.2) is 37.9 Å². The van der Waals surface area contributed by atoms with Crippen LogP contribution in [0.2, 0.25) is 0 Å². The Morgan fingerprint density at radius 2 is 1.82 bits per heavy atom. The van der Waals surface area contributed by atoms with Gasteiger partial charge in [-0.3, -0.25) is 9.47 Å². The van der Waals surface area contributed by atoms with E-state index in [-0.39, 0.29) is 5.82 Å². The first-order chi connectivity index (χ1) is 13.6. The molecule has 0 aliphatic carbocycles. The first-order valence-corrected chi connectivity index (χ1v) is 10.6. The zero-order chi connectivity index (χ0) is 19.5. The summed E-state index contributed by atoms with van der Waals surface area (Å²) in [5.74, 6) is 2.16. The minimum absolute atomic E-state index is 0.251. The maximum absolute atomic E-state index is 13.5. The Kier molecular flexibility index (Phi) is 5.77. The number of halogens is 1. The van der Waals surface area contributed by atoms with E-state index in [9.17, 15) is 4.39 Å². The molecule has 0 amide bonds. The van der Waals surface area contributed by atoms with Crippen LogP contribution in [0.3, 0.4) is 0 Å². The molecule has 0 radical (unpaired) electrons. The Hall–Kier alpha value is -2.19. The van der Waals surface area contributed by atoms with Crippen LogP contribution in [-0.2, 0) is 12.3 Å². The molecule has 1 aliphatic rings. The van der Waals surface area contributed by atoms with Gasteiger partial charge in [-0.15, -0.1) is 10.2 Å². The SMILES string of the molecule is Cc1noc(C)c1CSc1nnc(CN2CCCCC2)n1-c1ccc(F)cc1. The zero-order valence-corrected chi connectivity index (χ0v) is 17.0. The largest absolute Gasteiger partial charge is 0.361 e. The molecule has 148 valence electrons. The van der Waals surface area contributed by atoms with Crippen LogP contribution < -0.4 is 0 Å². The van der Waals surface area contributed by atoms with E-state index in [2.05, 4.69) is 20.3 Å². The average molecular weight is 402 g/mol. The van der Waals surface area contributed by atoms with Crippen LogP contribution in [0.25, 0.3) is 5.69 Å². The smallest absolute Gasteiger partial charge is 0.196 e. The van der Waals surface area contributed by atoms with Gasteiger partial charge in [-0.2, -0.15) is 0 Å². The highest BCUT2D eigenvalue weighted by atomic mass is 32.2. The lowest BCUT2D eigenvalue weighted by molar-refractivity contribution is 0.214. The molecule has 8 heteroatoms. The van der Waals surface area contributed by atoms with Crippen LogP contribution in [0, 0.1) is 19.7 Å². The monoisotopic (exact) mass is 401 g/mol. The molecule has 2 aromatic heterocycles. The van der Waals surface area contributed by atoms with Crippen molar-refractivity contribution in [3.63, 3.8) is 0 Å². The van der Waals surface area contributed by atoms with E-state index < -0.39 is 0 Å². The van der Waals surface area contributed by atoms with E-state index in [1.165, 1.54) is 31.4 Å². The van der Waals surface area contributed by atoms with E-state index in [0.717, 1.165) is 53.3 Å². The lowest BCUT2D eigenvalue weighted by atomic mass is 10.1. The van der Waals surface area contributed by atoms with E-state index >= 15 is 0 Å². The summed E-state index contributed by atoms with van der Waals surface area (Å²) in [6.45, 7) is 6.77. The summed E-state index contributed by atoms with van der Waals surface area (Å²) < 4.78 is 20.8. The fourth-order valence-corrected chi connectivity index (χ4v) is 4.63. The summed E-state index contributed by atoms with van der Waals surface area (Å²) in [5.41, 5.74) is 2.85. The van der Waals surface area contributed by atoms with Gasteiger partial charge in [-0.1, -0.05) is 23.3 Å². The molecular formula is C20H24FN5OS. The molecule has 0 bridgehead atoms. The normalized spacial score (nSPS) is 15.2. The number of thioether (sulfide) groups is 1. The van der Waals surface area contributed by atoms with E-state index in [0.29, 0.717) is 5.75 Å². The second-order valence-corrected chi connectivity index (χ2v) is 8.08. The van der Waals surface area contributed by atoms with E-state index in [1.807, 2.05) is 18.4 Å². The number of benzene rings is 1. The van der Waals surface area contributed by atoms with E-state index in [4.69, 9.17) is 4.52 Å². The molecule has 1 saturated heterocycles. The Balaban J connectivity index is 1.62. The Morgan fingerprint density at radius 1 is 1.07 bits per heavy atom. The predicted molar refractivity (Wildman–Crippen MR) is 106 cm³/mol. The van der Waals surface area contributed by atoms with Gasteiger partial charge >= 0.3 is 0 Å². The van der Waals surface area contributed by atoms with Crippen molar-refractivity contribution >= 4 is 11.8 Å². The van der Waals surface area contributed by atoms with Crippen molar-refractivity contribution in [2.24, 2.45) is 0 Å². The van der Waals surface area contributed by atoms with Crippen molar-refractivity contribution in [3.05, 3.63) is 52.9 Å². The predicted octanol–water partition coefficient (Wildman–Crippen LogP) is 4.29. The Labute approximate surface area is 168 Å². The highest BCUT2D eigenvalue weighted by Gasteiger charge is 2.20. The first-order valence-electron chi connectivity index (χ1n) is 9.59. The fraction of sp³-hybridized carbons (Fsp3) is 0.450. The van der Waals surface area contributed by atoms with Gasteiger partial charge in [0.25, 0.3) is 0 Å². The van der Waals surface area contributed by atoms with Gasteiger partial charge in [0, 0.05) is 17.0 Å². The molecule has 0 saturated carbocycles. The van der Waals surface area contributed by atoms with Gasteiger partial charge in [-0.25, -0.2) is 4.39 Å². The second-order valence-electron chi connectivity index (χ2n) is 7.14.